The lowest BCUT2D eigenvalue weighted by atomic mass is 9.92. The summed E-state index contributed by atoms with van der Waals surface area (Å²) in [5, 5.41) is 4.25. The summed E-state index contributed by atoms with van der Waals surface area (Å²) in [4.78, 5) is 0. The maximum absolute atomic E-state index is 5.97. The lowest BCUT2D eigenvalue weighted by Gasteiger charge is -2.29. The van der Waals surface area contributed by atoms with E-state index in [1.54, 1.807) is 0 Å². The zero-order valence-corrected chi connectivity index (χ0v) is 8.56. The summed E-state index contributed by atoms with van der Waals surface area (Å²) in [5.41, 5.74) is 2.81. The van der Waals surface area contributed by atoms with Gasteiger partial charge >= 0.3 is 0 Å². The van der Waals surface area contributed by atoms with Gasteiger partial charge in [-0.3, -0.25) is 0 Å². The van der Waals surface area contributed by atoms with Gasteiger partial charge in [0.1, 0.15) is 0 Å². The number of halogens is 1. The number of benzene rings is 1. The first-order valence-electron chi connectivity index (χ1n) is 4.83. The van der Waals surface area contributed by atoms with Gasteiger partial charge in [-0.1, -0.05) is 24.6 Å². The third-order valence-electron chi connectivity index (χ3n) is 2.69. The van der Waals surface area contributed by atoms with Crippen LogP contribution in [0.3, 0.4) is 0 Å². The SMILES string of the molecule is CCc1ccc(Cl)cc1[C@H]1CCN1. The third-order valence-corrected chi connectivity index (χ3v) is 2.92. The second kappa shape index (κ2) is 3.69. The molecule has 0 unspecified atom stereocenters. The van der Waals surface area contributed by atoms with Crippen molar-refractivity contribution in [2.24, 2.45) is 0 Å². The van der Waals surface area contributed by atoms with E-state index in [9.17, 15) is 0 Å². The fourth-order valence-corrected chi connectivity index (χ4v) is 1.95. The smallest absolute Gasteiger partial charge is 0.0409 e. The fourth-order valence-electron chi connectivity index (χ4n) is 1.77. The minimum atomic E-state index is 0.550. The van der Waals surface area contributed by atoms with Crippen LogP contribution in [0, 0.1) is 0 Å². The number of hydrogen-bond acceptors (Lipinski definition) is 1. The van der Waals surface area contributed by atoms with Crippen LogP contribution in [0.2, 0.25) is 5.02 Å². The molecule has 0 saturated carbocycles. The number of rotatable bonds is 2. The predicted molar refractivity (Wildman–Crippen MR) is 56.2 cm³/mol. The van der Waals surface area contributed by atoms with E-state index in [1.807, 2.05) is 6.07 Å². The van der Waals surface area contributed by atoms with Crippen LogP contribution in [0.25, 0.3) is 0 Å². The number of aryl methyl sites for hydroxylation is 1. The molecule has 13 heavy (non-hydrogen) atoms. The molecule has 1 aliphatic rings. The monoisotopic (exact) mass is 195 g/mol. The molecule has 1 heterocycles. The van der Waals surface area contributed by atoms with E-state index in [1.165, 1.54) is 17.5 Å². The van der Waals surface area contributed by atoms with Gasteiger partial charge in [-0.15, -0.1) is 0 Å². The Kier molecular flexibility index (Phi) is 2.56. The highest BCUT2D eigenvalue weighted by Crippen LogP contribution is 2.28. The number of hydrogen-bond donors (Lipinski definition) is 1. The van der Waals surface area contributed by atoms with Crippen molar-refractivity contribution < 1.29 is 0 Å². The van der Waals surface area contributed by atoms with Crippen LogP contribution < -0.4 is 5.32 Å². The van der Waals surface area contributed by atoms with Crippen LogP contribution in [0.1, 0.15) is 30.5 Å². The second-order valence-electron chi connectivity index (χ2n) is 3.49. The Hall–Kier alpha value is -0.530. The minimum Gasteiger partial charge on any atom is -0.310 e. The fraction of sp³-hybridized carbons (Fsp3) is 0.455. The topological polar surface area (TPSA) is 12.0 Å². The minimum absolute atomic E-state index is 0.550. The van der Waals surface area contributed by atoms with E-state index in [-0.39, 0.29) is 0 Å². The average Bonchev–Trinajstić information content (AvgIpc) is 2.02. The molecule has 1 nitrogen and oxygen atoms in total. The molecule has 0 bridgehead atoms. The normalized spacial score (nSPS) is 21.2. The molecule has 0 aromatic heterocycles. The van der Waals surface area contributed by atoms with Crippen LogP contribution in [0.15, 0.2) is 18.2 Å². The van der Waals surface area contributed by atoms with Crippen LogP contribution in [0.4, 0.5) is 0 Å². The van der Waals surface area contributed by atoms with Crippen LogP contribution in [-0.4, -0.2) is 6.54 Å². The Morgan fingerprint density at radius 1 is 1.54 bits per heavy atom. The molecule has 2 rings (SSSR count). The zero-order chi connectivity index (χ0) is 9.26. The van der Waals surface area contributed by atoms with Crippen molar-refractivity contribution in [2.45, 2.75) is 25.8 Å². The third kappa shape index (κ3) is 1.72. The summed E-state index contributed by atoms with van der Waals surface area (Å²) in [6.45, 7) is 3.33. The Labute approximate surface area is 84.1 Å². The summed E-state index contributed by atoms with van der Waals surface area (Å²) < 4.78 is 0. The van der Waals surface area contributed by atoms with Crippen molar-refractivity contribution in [1.29, 1.82) is 0 Å². The van der Waals surface area contributed by atoms with Gasteiger partial charge in [-0.05, 0) is 42.6 Å². The predicted octanol–water partition coefficient (Wildman–Crippen LogP) is 2.94. The quantitative estimate of drug-likeness (QED) is 0.765. The van der Waals surface area contributed by atoms with Crippen LogP contribution >= 0.6 is 11.6 Å². The first kappa shape index (κ1) is 9.04. The highest BCUT2D eigenvalue weighted by atomic mass is 35.5. The van der Waals surface area contributed by atoms with Crippen LogP contribution in [-0.2, 0) is 6.42 Å². The van der Waals surface area contributed by atoms with Gasteiger partial charge in [0.05, 0.1) is 0 Å². The first-order chi connectivity index (χ1) is 6.31. The highest BCUT2D eigenvalue weighted by Gasteiger charge is 2.20. The lowest BCUT2D eigenvalue weighted by Crippen LogP contribution is -2.35. The summed E-state index contributed by atoms with van der Waals surface area (Å²) in [6.07, 6.45) is 2.33. The molecule has 1 aromatic rings. The Morgan fingerprint density at radius 3 is 2.85 bits per heavy atom. The molecule has 0 radical (unpaired) electrons. The van der Waals surface area contributed by atoms with Gasteiger partial charge in [-0.2, -0.15) is 0 Å². The molecule has 2 heteroatoms. The molecule has 0 amide bonds. The maximum Gasteiger partial charge on any atom is 0.0409 e. The molecular weight excluding hydrogens is 182 g/mol. The summed E-state index contributed by atoms with van der Waals surface area (Å²) in [5.74, 6) is 0. The summed E-state index contributed by atoms with van der Waals surface area (Å²) in [6, 6.07) is 6.76. The first-order valence-corrected chi connectivity index (χ1v) is 5.20. The molecule has 0 aliphatic carbocycles. The average molecular weight is 196 g/mol. The van der Waals surface area contributed by atoms with E-state index < -0.39 is 0 Å². The Morgan fingerprint density at radius 2 is 2.31 bits per heavy atom. The largest absolute Gasteiger partial charge is 0.310 e. The summed E-state index contributed by atoms with van der Waals surface area (Å²) >= 11 is 5.97. The van der Waals surface area contributed by atoms with Gasteiger partial charge in [0.2, 0.25) is 0 Å². The van der Waals surface area contributed by atoms with Gasteiger partial charge in [-0.25, -0.2) is 0 Å². The van der Waals surface area contributed by atoms with Gasteiger partial charge in [0, 0.05) is 11.1 Å². The Balaban J connectivity index is 2.33. The Bertz CT molecular complexity index is 305. The van der Waals surface area contributed by atoms with Crippen molar-refractivity contribution in [1.82, 2.24) is 5.32 Å². The van der Waals surface area contributed by atoms with Gasteiger partial charge in [0.25, 0.3) is 0 Å². The highest BCUT2D eigenvalue weighted by molar-refractivity contribution is 6.30. The van der Waals surface area contributed by atoms with Crippen molar-refractivity contribution in [3.05, 3.63) is 34.3 Å². The van der Waals surface area contributed by atoms with Crippen molar-refractivity contribution in [2.75, 3.05) is 6.54 Å². The molecule has 70 valence electrons. The molecule has 1 fully saturated rings. The molecular formula is C11H14ClN. The van der Waals surface area contributed by atoms with Crippen LogP contribution in [0.5, 0.6) is 0 Å². The zero-order valence-electron chi connectivity index (χ0n) is 7.81. The van der Waals surface area contributed by atoms with Gasteiger partial charge < -0.3 is 5.32 Å². The molecule has 1 aliphatic heterocycles. The standard InChI is InChI=1S/C11H14ClN/c1-2-8-3-4-9(12)7-10(8)11-5-6-13-11/h3-4,7,11,13H,2,5-6H2,1H3/t11-/m1/s1. The van der Waals surface area contributed by atoms with Crippen molar-refractivity contribution >= 4 is 11.6 Å². The summed E-state index contributed by atoms with van der Waals surface area (Å²) in [7, 11) is 0. The van der Waals surface area contributed by atoms with E-state index in [4.69, 9.17) is 11.6 Å². The second-order valence-corrected chi connectivity index (χ2v) is 3.93. The van der Waals surface area contributed by atoms with Gasteiger partial charge in [0.15, 0.2) is 0 Å². The molecule has 0 spiro atoms. The van der Waals surface area contributed by atoms with E-state index >= 15 is 0 Å². The number of nitrogens with one attached hydrogen (secondary N) is 1. The van der Waals surface area contributed by atoms with E-state index in [0.717, 1.165) is 18.0 Å². The maximum atomic E-state index is 5.97. The lowest BCUT2D eigenvalue weighted by molar-refractivity contribution is 0.381. The van der Waals surface area contributed by atoms with E-state index in [0.29, 0.717) is 6.04 Å². The molecule has 1 saturated heterocycles. The van der Waals surface area contributed by atoms with E-state index in [2.05, 4.69) is 24.4 Å². The van der Waals surface area contributed by atoms with Crippen molar-refractivity contribution in [3.63, 3.8) is 0 Å². The molecule has 1 atom stereocenters. The van der Waals surface area contributed by atoms with Crippen molar-refractivity contribution in [3.8, 4) is 0 Å². The molecule has 1 N–H and O–H groups in total. The molecule has 1 aromatic carbocycles.